The summed E-state index contributed by atoms with van der Waals surface area (Å²) < 4.78 is 10.9. The number of rotatable bonds is 9. The standard InChI is InChI=1S/C20H34N4O2.HI/c1-5-24-9-8-17(15-24)13-22-20(21-3)23-14-18-7-6-16(2)12-19(18)26-11-10-25-4;/h6-7,12,17H,5,8-11,13-15H2,1-4H3,(H2,21,22,23);1H. The molecule has 1 aliphatic rings. The lowest BCUT2D eigenvalue weighted by Gasteiger charge is -2.17. The number of guanidine groups is 1. The largest absolute Gasteiger partial charge is 0.491 e. The molecule has 2 rings (SSSR count). The molecule has 1 aromatic carbocycles. The number of hydrogen-bond donors (Lipinski definition) is 2. The lowest BCUT2D eigenvalue weighted by molar-refractivity contribution is 0.145. The molecule has 154 valence electrons. The first-order valence-electron chi connectivity index (χ1n) is 9.54. The Labute approximate surface area is 181 Å². The molecule has 1 aliphatic heterocycles. The van der Waals surface area contributed by atoms with Gasteiger partial charge in [0.25, 0.3) is 0 Å². The highest BCUT2D eigenvalue weighted by Crippen LogP contribution is 2.20. The third-order valence-corrected chi connectivity index (χ3v) is 4.81. The van der Waals surface area contributed by atoms with Crippen molar-refractivity contribution in [3.05, 3.63) is 29.3 Å². The molecule has 1 saturated heterocycles. The van der Waals surface area contributed by atoms with Crippen LogP contribution in [-0.4, -0.2) is 64.4 Å². The van der Waals surface area contributed by atoms with E-state index < -0.39 is 0 Å². The number of hydrogen-bond acceptors (Lipinski definition) is 4. The van der Waals surface area contributed by atoms with Crippen LogP contribution in [0.3, 0.4) is 0 Å². The first kappa shape index (κ1) is 24.0. The van der Waals surface area contributed by atoms with Crippen LogP contribution in [0.2, 0.25) is 0 Å². The number of halogens is 1. The van der Waals surface area contributed by atoms with E-state index in [4.69, 9.17) is 9.47 Å². The lowest BCUT2D eigenvalue weighted by atomic mass is 10.1. The molecule has 1 atom stereocenters. The predicted molar refractivity (Wildman–Crippen MR) is 122 cm³/mol. The van der Waals surface area contributed by atoms with Crippen LogP contribution in [0, 0.1) is 12.8 Å². The minimum atomic E-state index is 0. The van der Waals surface area contributed by atoms with Crippen molar-refractivity contribution in [2.75, 3.05) is 53.6 Å². The Bertz CT molecular complexity index is 583. The Morgan fingerprint density at radius 2 is 2.11 bits per heavy atom. The lowest BCUT2D eigenvalue weighted by Crippen LogP contribution is -2.40. The maximum atomic E-state index is 5.86. The third kappa shape index (κ3) is 8.23. The van der Waals surface area contributed by atoms with Gasteiger partial charge in [-0.05, 0) is 44.0 Å². The number of benzene rings is 1. The van der Waals surface area contributed by atoms with Gasteiger partial charge in [0.15, 0.2) is 5.96 Å². The van der Waals surface area contributed by atoms with Crippen LogP contribution >= 0.6 is 24.0 Å². The summed E-state index contributed by atoms with van der Waals surface area (Å²) >= 11 is 0. The summed E-state index contributed by atoms with van der Waals surface area (Å²) in [5.41, 5.74) is 2.30. The van der Waals surface area contributed by atoms with Gasteiger partial charge >= 0.3 is 0 Å². The Balaban J connectivity index is 0.00000364. The van der Waals surface area contributed by atoms with Crippen molar-refractivity contribution < 1.29 is 9.47 Å². The number of aliphatic imine (C=N–C) groups is 1. The van der Waals surface area contributed by atoms with Crippen molar-refractivity contribution >= 4 is 29.9 Å². The average molecular weight is 490 g/mol. The van der Waals surface area contributed by atoms with E-state index in [0.29, 0.717) is 25.7 Å². The monoisotopic (exact) mass is 490 g/mol. The van der Waals surface area contributed by atoms with Crippen LogP contribution in [0.5, 0.6) is 5.75 Å². The van der Waals surface area contributed by atoms with Crippen LogP contribution in [0.4, 0.5) is 0 Å². The van der Waals surface area contributed by atoms with Gasteiger partial charge in [-0.25, -0.2) is 0 Å². The molecule has 0 amide bonds. The van der Waals surface area contributed by atoms with E-state index in [1.54, 1.807) is 7.11 Å². The van der Waals surface area contributed by atoms with Gasteiger partial charge in [-0.15, -0.1) is 24.0 Å². The number of likely N-dealkylation sites (tertiary alicyclic amines) is 1. The van der Waals surface area contributed by atoms with E-state index in [1.807, 2.05) is 7.05 Å². The molecule has 0 aromatic heterocycles. The number of ether oxygens (including phenoxy) is 2. The van der Waals surface area contributed by atoms with Crippen LogP contribution in [0.15, 0.2) is 23.2 Å². The predicted octanol–water partition coefficient (Wildman–Crippen LogP) is 2.65. The molecule has 27 heavy (non-hydrogen) atoms. The summed E-state index contributed by atoms with van der Waals surface area (Å²) in [6.07, 6.45) is 1.26. The van der Waals surface area contributed by atoms with E-state index in [9.17, 15) is 0 Å². The third-order valence-electron chi connectivity index (χ3n) is 4.81. The van der Waals surface area contributed by atoms with Gasteiger partial charge in [0.1, 0.15) is 12.4 Å². The molecule has 0 spiro atoms. The van der Waals surface area contributed by atoms with Gasteiger partial charge in [-0.1, -0.05) is 19.1 Å². The first-order valence-corrected chi connectivity index (χ1v) is 9.54. The summed E-state index contributed by atoms with van der Waals surface area (Å²) in [4.78, 5) is 6.84. The van der Waals surface area contributed by atoms with Crippen LogP contribution in [0.25, 0.3) is 0 Å². The van der Waals surface area contributed by atoms with E-state index in [0.717, 1.165) is 30.4 Å². The highest BCUT2D eigenvalue weighted by Gasteiger charge is 2.21. The maximum absolute atomic E-state index is 5.86. The fourth-order valence-electron chi connectivity index (χ4n) is 3.18. The minimum Gasteiger partial charge on any atom is -0.491 e. The van der Waals surface area contributed by atoms with Crippen molar-refractivity contribution in [3.63, 3.8) is 0 Å². The second-order valence-electron chi connectivity index (χ2n) is 6.81. The van der Waals surface area contributed by atoms with E-state index in [-0.39, 0.29) is 24.0 Å². The molecule has 1 unspecified atom stereocenters. The summed E-state index contributed by atoms with van der Waals surface area (Å²) in [6, 6.07) is 6.28. The number of aryl methyl sites for hydroxylation is 1. The average Bonchev–Trinajstić information content (AvgIpc) is 3.11. The number of methoxy groups -OCH3 is 1. The van der Waals surface area contributed by atoms with Crippen LogP contribution in [-0.2, 0) is 11.3 Å². The molecule has 1 fully saturated rings. The minimum absolute atomic E-state index is 0. The van der Waals surface area contributed by atoms with Crippen molar-refractivity contribution in [1.82, 2.24) is 15.5 Å². The second-order valence-corrected chi connectivity index (χ2v) is 6.81. The Morgan fingerprint density at radius 3 is 2.78 bits per heavy atom. The zero-order chi connectivity index (χ0) is 18.8. The highest BCUT2D eigenvalue weighted by atomic mass is 127. The highest BCUT2D eigenvalue weighted by molar-refractivity contribution is 14.0. The Morgan fingerprint density at radius 1 is 1.30 bits per heavy atom. The second kappa shape index (κ2) is 13.2. The quantitative estimate of drug-likeness (QED) is 0.241. The molecule has 7 heteroatoms. The molecule has 1 aromatic rings. The van der Waals surface area contributed by atoms with Gasteiger partial charge in [-0.3, -0.25) is 4.99 Å². The van der Waals surface area contributed by atoms with Gasteiger partial charge in [0.2, 0.25) is 0 Å². The Hall–Kier alpha value is -1.06. The van der Waals surface area contributed by atoms with Gasteiger partial charge in [0, 0.05) is 39.4 Å². The molecule has 2 N–H and O–H groups in total. The number of nitrogens with zero attached hydrogens (tertiary/aromatic N) is 2. The fourth-order valence-corrected chi connectivity index (χ4v) is 3.18. The van der Waals surface area contributed by atoms with Crippen molar-refractivity contribution in [2.45, 2.75) is 26.8 Å². The van der Waals surface area contributed by atoms with Crippen molar-refractivity contribution in [3.8, 4) is 5.75 Å². The number of nitrogens with one attached hydrogen (secondary N) is 2. The van der Waals surface area contributed by atoms with E-state index in [2.05, 4.69) is 52.6 Å². The smallest absolute Gasteiger partial charge is 0.191 e. The molecular weight excluding hydrogens is 455 g/mol. The molecule has 0 radical (unpaired) electrons. The summed E-state index contributed by atoms with van der Waals surface area (Å²) in [7, 11) is 3.50. The van der Waals surface area contributed by atoms with Crippen molar-refractivity contribution in [2.24, 2.45) is 10.9 Å². The van der Waals surface area contributed by atoms with Crippen LogP contribution in [0.1, 0.15) is 24.5 Å². The Kier molecular flexibility index (Phi) is 11.7. The van der Waals surface area contributed by atoms with Crippen LogP contribution < -0.4 is 15.4 Å². The molecule has 0 bridgehead atoms. The van der Waals surface area contributed by atoms with E-state index >= 15 is 0 Å². The maximum Gasteiger partial charge on any atom is 0.191 e. The molecule has 0 saturated carbocycles. The van der Waals surface area contributed by atoms with Gasteiger partial charge in [-0.2, -0.15) is 0 Å². The van der Waals surface area contributed by atoms with E-state index in [1.165, 1.54) is 25.1 Å². The summed E-state index contributed by atoms with van der Waals surface area (Å²) in [6.45, 7) is 10.6. The normalized spacial score (nSPS) is 17.5. The molecular formula is C20H35IN4O2. The molecule has 1 heterocycles. The topological polar surface area (TPSA) is 58.1 Å². The molecule has 0 aliphatic carbocycles. The zero-order valence-corrected chi connectivity index (χ0v) is 19.4. The van der Waals surface area contributed by atoms with Gasteiger partial charge < -0.3 is 25.0 Å². The SMILES string of the molecule is CCN1CCC(CNC(=NC)NCc2ccc(C)cc2OCCOC)C1.I. The summed E-state index contributed by atoms with van der Waals surface area (Å²) in [5.74, 6) is 2.43. The zero-order valence-electron chi connectivity index (χ0n) is 17.1. The first-order chi connectivity index (χ1) is 12.7. The summed E-state index contributed by atoms with van der Waals surface area (Å²) in [5, 5.41) is 6.86. The molecule has 6 nitrogen and oxygen atoms in total. The fraction of sp³-hybridized carbons (Fsp3) is 0.650. The van der Waals surface area contributed by atoms with Gasteiger partial charge in [0.05, 0.1) is 6.61 Å². The van der Waals surface area contributed by atoms with Crippen molar-refractivity contribution in [1.29, 1.82) is 0 Å².